The van der Waals surface area contributed by atoms with Gasteiger partial charge in [0.15, 0.2) is 23.3 Å². The van der Waals surface area contributed by atoms with Crippen LogP contribution >= 0.6 is 0 Å². The van der Waals surface area contributed by atoms with Gasteiger partial charge in [0, 0.05) is 24.2 Å². The first-order chi connectivity index (χ1) is 28.3. The summed E-state index contributed by atoms with van der Waals surface area (Å²) in [5.74, 6) is -0.350. The number of aryl methyl sites for hydroxylation is 2. The molecule has 0 spiro atoms. The molecule has 6 N–H and O–H groups in total. The van der Waals surface area contributed by atoms with Gasteiger partial charge in [0.1, 0.15) is 23.1 Å². The molecule has 302 valence electrons. The van der Waals surface area contributed by atoms with Gasteiger partial charge in [0.2, 0.25) is 23.5 Å². The van der Waals surface area contributed by atoms with E-state index >= 15 is 0 Å². The summed E-state index contributed by atoms with van der Waals surface area (Å²) in [5.41, 5.74) is 15.6. The molecule has 14 nitrogen and oxygen atoms in total. The number of rotatable bonds is 10. The molecule has 59 heavy (non-hydrogen) atoms. The Morgan fingerprint density at radius 2 is 0.983 bits per heavy atom. The Bertz CT molecular complexity index is 2760. The van der Waals surface area contributed by atoms with E-state index in [0.29, 0.717) is 30.1 Å². The van der Waals surface area contributed by atoms with Gasteiger partial charge < -0.3 is 31.6 Å². The van der Waals surface area contributed by atoms with Gasteiger partial charge in [0.05, 0.1) is 29.2 Å². The van der Waals surface area contributed by atoms with Gasteiger partial charge in [-0.3, -0.25) is 9.13 Å². The van der Waals surface area contributed by atoms with Gasteiger partial charge >= 0.3 is 6.36 Å². The maximum atomic E-state index is 14.6. The number of halogens is 5. The molecule has 0 aliphatic carbocycles. The molecule has 0 atom stereocenters. The number of anilines is 6. The number of nitrogens with two attached hydrogens (primary N) is 2. The maximum Gasteiger partial charge on any atom is 0.573 e. The lowest BCUT2D eigenvalue weighted by Crippen LogP contribution is -2.17. The van der Waals surface area contributed by atoms with Crippen LogP contribution in [0, 0.1) is 11.6 Å². The zero-order valence-corrected chi connectivity index (χ0v) is 31.6. The van der Waals surface area contributed by atoms with E-state index in [4.69, 9.17) is 16.2 Å². The molecule has 0 aliphatic heterocycles. The van der Waals surface area contributed by atoms with Crippen molar-refractivity contribution in [3.8, 4) is 23.4 Å². The first kappa shape index (κ1) is 39.7. The normalized spacial score (nSPS) is 11.3. The second-order valence-corrected chi connectivity index (χ2v) is 12.6. The number of nitrogens with one attached hydrogen (secondary N) is 2. The smallest absolute Gasteiger partial charge is 0.497 e. The Kier molecular flexibility index (Phi) is 11.1. The van der Waals surface area contributed by atoms with E-state index in [1.54, 1.807) is 40.5 Å². The second-order valence-electron chi connectivity index (χ2n) is 12.6. The highest BCUT2D eigenvalue weighted by Crippen LogP contribution is 2.30. The van der Waals surface area contributed by atoms with Crippen LogP contribution in [0.1, 0.15) is 25.5 Å². The first-order valence-corrected chi connectivity index (χ1v) is 18.0. The monoisotopic (exact) mass is 810 g/mol. The average molecular weight is 811 g/mol. The summed E-state index contributed by atoms with van der Waals surface area (Å²) >= 11 is 0. The number of hydrogen-bond donors (Lipinski definition) is 4. The standard InChI is InChI=1S/C20H16F4N6O.C20H19FN6O/c1-2-15-27-13-5-3-4-6-14(13)30(15)19-28-17(25)16(21)18(29-19)26-11-7-9-12(10-8-11)31-20(22,23)24;1-3-16-24-14-6-4-5-7-15(14)27(16)20-25-18(22)17(21)19(26-20)23-12-8-10-13(28-2)11-9-12/h3-10H,2H2,1H3,(H3,25,26,28,29);4-11H,3H2,1-2H3,(H3,22,23,25,26). The predicted octanol–water partition coefficient (Wildman–Crippen LogP) is 8.59. The third-order valence-electron chi connectivity index (χ3n) is 8.73. The minimum Gasteiger partial charge on any atom is -0.497 e. The number of ether oxygens (including phenoxy) is 2. The molecule has 19 heteroatoms. The number of aromatic nitrogens is 8. The molecule has 0 saturated carbocycles. The quantitative estimate of drug-likeness (QED) is 0.0968. The van der Waals surface area contributed by atoms with Gasteiger partial charge in [-0.15, -0.1) is 13.2 Å². The van der Waals surface area contributed by atoms with Crippen LogP contribution in [-0.2, 0) is 12.8 Å². The first-order valence-electron chi connectivity index (χ1n) is 18.0. The van der Waals surface area contributed by atoms with Gasteiger partial charge in [-0.25, -0.2) is 9.97 Å². The molecule has 8 aromatic rings. The van der Waals surface area contributed by atoms with Crippen molar-refractivity contribution in [1.29, 1.82) is 0 Å². The summed E-state index contributed by atoms with van der Waals surface area (Å²) in [4.78, 5) is 26.0. The topological polar surface area (TPSA) is 182 Å². The molecule has 0 fully saturated rings. The number of methoxy groups -OCH3 is 1. The highest BCUT2D eigenvalue weighted by atomic mass is 19.4. The number of nitrogens with zero attached hydrogens (tertiary/aromatic N) is 8. The Hall–Kier alpha value is -7.57. The summed E-state index contributed by atoms with van der Waals surface area (Å²) in [7, 11) is 1.58. The van der Waals surface area contributed by atoms with E-state index in [-0.39, 0.29) is 40.9 Å². The van der Waals surface area contributed by atoms with Crippen molar-refractivity contribution in [2.24, 2.45) is 0 Å². The third-order valence-corrected chi connectivity index (χ3v) is 8.73. The van der Waals surface area contributed by atoms with Crippen LogP contribution in [0.3, 0.4) is 0 Å². The van der Waals surface area contributed by atoms with E-state index < -0.39 is 23.7 Å². The highest BCUT2D eigenvalue weighted by Gasteiger charge is 2.31. The number of nitrogen functional groups attached to an aromatic ring is 2. The van der Waals surface area contributed by atoms with Gasteiger partial charge in [-0.1, -0.05) is 38.1 Å². The summed E-state index contributed by atoms with van der Waals surface area (Å²) in [5, 5.41) is 5.67. The summed E-state index contributed by atoms with van der Waals surface area (Å²) in [6, 6.07) is 26.8. The Balaban J connectivity index is 0.000000180. The highest BCUT2D eigenvalue weighted by molar-refractivity contribution is 5.79. The maximum absolute atomic E-state index is 14.6. The fourth-order valence-corrected chi connectivity index (χ4v) is 6.03. The molecule has 4 aromatic heterocycles. The van der Waals surface area contributed by atoms with Crippen molar-refractivity contribution in [1.82, 2.24) is 39.0 Å². The number of fused-ring (bicyclic) bond motifs is 2. The van der Waals surface area contributed by atoms with Crippen molar-refractivity contribution in [3.63, 3.8) is 0 Å². The van der Waals surface area contributed by atoms with Crippen LogP contribution in [0.25, 0.3) is 34.0 Å². The molecule has 4 heterocycles. The molecule has 0 radical (unpaired) electrons. The Labute approximate surface area is 332 Å². The van der Waals surface area contributed by atoms with Crippen LogP contribution in [-0.4, -0.2) is 52.5 Å². The van der Waals surface area contributed by atoms with Crippen molar-refractivity contribution >= 4 is 56.7 Å². The minimum absolute atomic E-state index is 0.00694. The number of alkyl halides is 3. The zero-order valence-electron chi connectivity index (χ0n) is 31.6. The van der Waals surface area contributed by atoms with Crippen LogP contribution in [0.15, 0.2) is 97.1 Å². The fraction of sp³-hybridized carbons (Fsp3) is 0.150. The van der Waals surface area contributed by atoms with Crippen LogP contribution in [0.2, 0.25) is 0 Å². The lowest BCUT2D eigenvalue weighted by molar-refractivity contribution is -0.274. The molecule has 0 aliphatic rings. The van der Waals surface area contributed by atoms with Crippen LogP contribution in [0.4, 0.5) is 56.6 Å². The molecular formula is C40H35F5N12O2. The number of benzene rings is 4. The average Bonchev–Trinajstić information content (AvgIpc) is 3.80. The summed E-state index contributed by atoms with van der Waals surface area (Å²) < 4.78 is 78.6. The van der Waals surface area contributed by atoms with Crippen molar-refractivity contribution in [2.75, 3.05) is 29.2 Å². The van der Waals surface area contributed by atoms with Crippen molar-refractivity contribution in [2.45, 2.75) is 33.1 Å². The largest absolute Gasteiger partial charge is 0.573 e. The molecule has 0 saturated heterocycles. The summed E-state index contributed by atoms with van der Waals surface area (Å²) in [6.07, 6.45) is -3.57. The molecule has 8 rings (SSSR count). The molecular weight excluding hydrogens is 776 g/mol. The van der Waals surface area contributed by atoms with Gasteiger partial charge in [0.25, 0.3) is 0 Å². The SMILES string of the molecule is CCc1nc2ccccc2n1-c1nc(N)c(F)c(Nc2ccc(OC(F)(F)F)cc2)n1.CCc1nc2ccccc2n1-c1nc(N)c(F)c(Nc2ccc(OC)cc2)n1. The van der Waals surface area contributed by atoms with E-state index in [1.165, 1.54) is 12.1 Å². The van der Waals surface area contributed by atoms with E-state index in [1.807, 2.05) is 62.4 Å². The molecule has 0 unspecified atom stereocenters. The molecule has 4 aromatic carbocycles. The van der Waals surface area contributed by atoms with E-state index in [2.05, 4.69) is 45.3 Å². The molecule has 0 amide bonds. The Morgan fingerprint density at radius 1 is 0.576 bits per heavy atom. The lowest BCUT2D eigenvalue weighted by atomic mass is 10.3. The third kappa shape index (κ3) is 8.58. The fourth-order valence-electron chi connectivity index (χ4n) is 6.03. The van der Waals surface area contributed by atoms with E-state index in [0.717, 1.165) is 40.0 Å². The predicted molar refractivity (Wildman–Crippen MR) is 214 cm³/mol. The number of hydrogen-bond acceptors (Lipinski definition) is 12. The van der Waals surface area contributed by atoms with Crippen molar-refractivity contribution in [3.05, 3.63) is 120 Å². The van der Waals surface area contributed by atoms with Crippen LogP contribution < -0.4 is 31.6 Å². The van der Waals surface area contributed by atoms with Crippen LogP contribution in [0.5, 0.6) is 11.5 Å². The van der Waals surface area contributed by atoms with Gasteiger partial charge in [-0.2, -0.15) is 28.7 Å². The van der Waals surface area contributed by atoms with Crippen molar-refractivity contribution < 1.29 is 31.4 Å². The number of imidazole rings is 2. The number of para-hydroxylation sites is 4. The zero-order chi connectivity index (χ0) is 41.8. The Morgan fingerprint density at radius 3 is 1.37 bits per heavy atom. The molecule has 0 bridgehead atoms. The van der Waals surface area contributed by atoms with Gasteiger partial charge in [-0.05, 0) is 72.8 Å². The van der Waals surface area contributed by atoms with E-state index in [9.17, 15) is 22.0 Å². The minimum atomic E-state index is -4.80. The lowest BCUT2D eigenvalue weighted by Gasteiger charge is -2.13. The second kappa shape index (κ2) is 16.5. The summed E-state index contributed by atoms with van der Waals surface area (Å²) in [6.45, 7) is 3.90.